The summed E-state index contributed by atoms with van der Waals surface area (Å²) in [7, 11) is 0. The summed E-state index contributed by atoms with van der Waals surface area (Å²) < 4.78 is 0. The molecule has 0 aliphatic carbocycles. The number of nitrogens with zero attached hydrogens (tertiary/aromatic N) is 5. The van der Waals surface area contributed by atoms with Crippen molar-refractivity contribution in [1.82, 2.24) is 15.3 Å². The third kappa shape index (κ3) is 4.11. The average Bonchev–Trinajstić information content (AvgIpc) is 2.55. The van der Waals surface area contributed by atoms with Crippen molar-refractivity contribution in [2.45, 2.75) is 33.5 Å². The molecule has 23 heavy (non-hydrogen) atoms. The number of thioether (sulfide) groups is 1. The van der Waals surface area contributed by atoms with Gasteiger partial charge in [-0.1, -0.05) is 0 Å². The van der Waals surface area contributed by atoms with Gasteiger partial charge in [0.25, 0.3) is 0 Å². The van der Waals surface area contributed by atoms with Crippen molar-refractivity contribution in [2.24, 2.45) is 10.1 Å². The Morgan fingerprint density at radius 3 is 2.70 bits per heavy atom. The van der Waals surface area contributed by atoms with Crippen LogP contribution in [0.2, 0.25) is 0 Å². The van der Waals surface area contributed by atoms with Crippen LogP contribution in [0.5, 0.6) is 0 Å². The lowest BCUT2D eigenvalue weighted by atomic mass is 10.2. The molecular weight excluding hydrogens is 308 g/mol. The van der Waals surface area contributed by atoms with Crippen molar-refractivity contribution in [1.29, 1.82) is 5.26 Å². The van der Waals surface area contributed by atoms with Crippen molar-refractivity contribution in [3.05, 3.63) is 41.5 Å². The molecule has 120 valence electrons. The predicted molar refractivity (Wildman–Crippen MR) is 94.7 cm³/mol. The summed E-state index contributed by atoms with van der Waals surface area (Å²) in [5, 5.41) is 19.9. The molecule has 1 aliphatic heterocycles. The Balaban J connectivity index is 2.37. The monoisotopic (exact) mass is 328 g/mol. The summed E-state index contributed by atoms with van der Waals surface area (Å²) in [5.41, 5.74) is 2.51. The SMILES string of the molecule is CSC1=NC(C)N(N=C(C)C)C(NCc2ccncc2)=C1C#N. The van der Waals surface area contributed by atoms with E-state index in [1.807, 2.05) is 39.2 Å². The fourth-order valence-electron chi connectivity index (χ4n) is 2.15. The molecule has 1 atom stereocenters. The number of aromatic nitrogens is 1. The van der Waals surface area contributed by atoms with Gasteiger partial charge < -0.3 is 5.32 Å². The quantitative estimate of drug-likeness (QED) is 0.860. The highest BCUT2D eigenvalue weighted by Gasteiger charge is 2.28. The zero-order chi connectivity index (χ0) is 16.8. The third-order valence-corrected chi connectivity index (χ3v) is 3.86. The summed E-state index contributed by atoms with van der Waals surface area (Å²) >= 11 is 1.47. The zero-order valence-electron chi connectivity index (χ0n) is 13.7. The van der Waals surface area contributed by atoms with Crippen molar-refractivity contribution >= 4 is 22.5 Å². The van der Waals surface area contributed by atoms with Crippen LogP contribution in [0.15, 0.2) is 46.0 Å². The van der Waals surface area contributed by atoms with E-state index in [0.717, 1.165) is 16.3 Å². The first kappa shape index (κ1) is 17.0. The standard InChI is InChI=1S/C16H20N6S/c1-11(2)21-22-12(3)20-16(23-4)14(9-17)15(22)19-10-13-5-7-18-8-6-13/h5-8,12,19H,10H2,1-4H3. The Hall–Kier alpha value is -2.33. The lowest BCUT2D eigenvalue weighted by Crippen LogP contribution is -2.39. The third-order valence-electron chi connectivity index (χ3n) is 3.16. The molecule has 1 N–H and O–H groups in total. The molecule has 0 fully saturated rings. The van der Waals surface area contributed by atoms with Crippen molar-refractivity contribution in [3.63, 3.8) is 0 Å². The highest BCUT2D eigenvalue weighted by Crippen LogP contribution is 2.25. The van der Waals surface area contributed by atoms with Crippen LogP contribution < -0.4 is 5.32 Å². The maximum Gasteiger partial charge on any atom is 0.146 e. The van der Waals surface area contributed by atoms with E-state index in [4.69, 9.17) is 0 Å². The van der Waals surface area contributed by atoms with Crippen LogP contribution in [-0.4, -0.2) is 33.2 Å². The first-order valence-electron chi connectivity index (χ1n) is 7.27. The number of nitriles is 1. The second-order valence-corrected chi connectivity index (χ2v) is 6.00. The topological polar surface area (TPSA) is 76.7 Å². The minimum Gasteiger partial charge on any atom is -0.365 e. The minimum atomic E-state index is -0.163. The molecule has 0 amide bonds. The summed E-state index contributed by atoms with van der Waals surface area (Å²) in [6.45, 7) is 6.40. The number of pyridine rings is 1. The van der Waals surface area contributed by atoms with Crippen molar-refractivity contribution < 1.29 is 0 Å². The van der Waals surface area contributed by atoms with Gasteiger partial charge in [0, 0.05) is 24.7 Å². The van der Waals surface area contributed by atoms with E-state index in [1.54, 1.807) is 17.4 Å². The molecule has 1 aliphatic rings. The molecule has 2 rings (SSSR count). The average molecular weight is 328 g/mol. The zero-order valence-corrected chi connectivity index (χ0v) is 14.6. The molecule has 0 spiro atoms. The van der Waals surface area contributed by atoms with Gasteiger partial charge in [0.05, 0.1) is 0 Å². The lowest BCUT2D eigenvalue weighted by molar-refractivity contribution is 0.261. The summed E-state index contributed by atoms with van der Waals surface area (Å²) in [4.78, 5) is 8.58. The van der Waals surface area contributed by atoms with Gasteiger partial charge in [0.2, 0.25) is 0 Å². The van der Waals surface area contributed by atoms with Gasteiger partial charge >= 0.3 is 0 Å². The van der Waals surface area contributed by atoms with Crippen molar-refractivity contribution in [3.8, 4) is 6.07 Å². The highest BCUT2D eigenvalue weighted by atomic mass is 32.2. The van der Waals surface area contributed by atoms with Gasteiger partial charge in [-0.15, -0.1) is 11.8 Å². The number of hydrazone groups is 1. The maximum atomic E-state index is 9.57. The van der Waals surface area contributed by atoms with E-state index in [1.165, 1.54) is 11.8 Å². The van der Waals surface area contributed by atoms with Gasteiger partial charge in [-0.2, -0.15) is 10.4 Å². The molecule has 1 aromatic heterocycles. The number of aliphatic imine (C=N–C) groups is 1. The minimum absolute atomic E-state index is 0.163. The largest absolute Gasteiger partial charge is 0.365 e. The van der Waals surface area contributed by atoms with E-state index in [2.05, 4.69) is 26.5 Å². The van der Waals surface area contributed by atoms with Crippen LogP contribution in [0, 0.1) is 11.3 Å². The molecule has 0 radical (unpaired) electrons. The molecule has 0 saturated heterocycles. The van der Waals surface area contributed by atoms with Crippen LogP contribution in [0.25, 0.3) is 0 Å². The smallest absolute Gasteiger partial charge is 0.146 e. The van der Waals surface area contributed by atoms with Gasteiger partial charge in [0.15, 0.2) is 0 Å². The fraction of sp³-hybridized carbons (Fsp3) is 0.375. The molecule has 7 heteroatoms. The Labute approximate surface area is 141 Å². The van der Waals surface area contributed by atoms with Gasteiger partial charge in [-0.25, -0.2) is 5.01 Å². The Kier molecular flexibility index (Phi) is 5.77. The normalized spacial score (nSPS) is 17.4. The van der Waals surface area contributed by atoms with E-state index in [9.17, 15) is 5.26 Å². The lowest BCUT2D eigenvalue weighted by Gasteiger charge is -2.32. The molecule has 2 heterocycles. The van der Waals surface area contributed by atoms with Gasteiger partial charge in [-0.3, -0.25) is 9.98 Å². The van der Waals surface area contributed by atoms with Crippen LogP contribution >= 0.6 is 11.8 Å². The highest BCUT2D eigenvalue weighted by molar-refractivity contribution is 8.13. The van der Waals surface area contributed by atoms with Crippen LogP contribution in [0.1, 0.15) is 26.3 Å². The molecule has 0 saturated carbocycles. The van der Waals surface area contributed by atoms with Crippen LogP contribution in [-0.2, 0) is 6.54 Å². The first-order valence-corrected chi connectivity index (χ1v) is 8.49. The molecule has 6 nitrogen and oxygen atoms in total. The van der Waals surface area contributed by atoms with Crippen LogP contribution in [0.4, 0.5) is 0 Å². The second kappa shape index (κ2) is 7.79. The van der Waals surface area contributed by atoms with Gasteiger partial charge in [-0.05, 0) is 44.7 Å². The Morgan fingerprint density at radius 2 is 2.13 bits per heavy atom. The summed E-state index contributed by atoms with van der Waals surface area (Å²) in [6.07, 6.45) is 5.26. The number of hydrogen-bond acceptors (Lipinski definition) is 7. The molecule has 0 aromatic carbocycles. The van der Waals surface area contributed by atoms with Crippen molar-refractivity contribution in [2.75, 3.05) is 6.26 Å². The Bertz CT molecular complexity index is 682. The molecule has 1 unspecified atom stereocenters. The van der Waals surface area contributed by atoms with E-state index >= 15 is 0 Å². The maximum absolute atomic E-state index is 9.57. The molecule has 0 bridgehead atoms. The van der Waals surface area contributed by atoms with E-state index in [-0.39, 0.29) is 6.17 Å². The van der Waals surface area contributed by atoms with Gasteiger partial charge in [0.1, 0.15) is 28.7 Å². The summed E-state index contributed by atoms with van der Waals surface area (Å²) in [5.74, 6) is 0.692. The molecular formula is C16H20N6S. The van der Waals surface area contributed by atoms with E-state index < -0.39 is 0 Å². The number of hydrogen-bond donors (Lipinski definition) is 1. The Morgan fingerprint density at radius 1 is 1.43 bits per heavy atom. The van der Waals surface area contributed by atoms with E-state index in [0.29, 0.717) is 17.9 Å². The summed E-state index contributed by atoms with van der Waals surface area (Å²) in [6, 6.07) is 6.13. The number of rotatable bonds is 4. The first-order chi connectivity index (χ1) is 11.1. The van der Waals surface area contributed by atoms with Crippen LogP contribution in [0.3, 0.4) is 0 Å². The fourth-order valence-corrected chi connectivity index (χ4v) is 2.76. The number of nitrogens with one attached hydrogen (secondary N) is 1. The predicted octanol–water partition coefficient (Wildman–Crippen LogP) is 2.73. The second-order valence-electron chi connectivity index (χ2n) is 5.21. The molecule has 1 aromatic rings.